The third kappa shape index (κ3) is 2.19. The number of aliphatic hydroxyl groups excluding tert-OH is 1. The van der Waals surface area contributed by atoms with Crippen molar-refractivity contribution < 1.29 is 19.3 Å². The lowest BCUT2D eigenvalue weighted by atomic mass is 10.1. The van der Waals surface area contributed by atoms with Gasteiger partial charge in [-0.25, -0.2) is 15.0 Å². The molecule has 9 nitrogen and oxygen atoms in total. The van der Waals surface area contributed by atoms with Crippen LogP contribution in [0.15, 0.2) is 12.7 Å². The predicted molar refractivity (Wildman–Crippen MR) is 79.2 cm³/mol. The zero-order chi connectivity index (χ0) is 16.4. The van der Waals surface area contributed by atoms with Crippen molar-refractivity contribution in [2.75, 3.05) is 5.73 Å². The number of ether oxygens (including phenoxy) is 3. The van der Waals surface area contributed by atoms with Crippen molar-refractivity contribution in [2.45, 2.75) is 57.2 Å². The Morgan fingerprint density at radius 3 is 2.74 bits per heavy atom. The summed E-state index contributed by atoms with van der Waals surface area (Å²) in [6.45, 7) is 5.35. The van der Waals surface area contributed by atoms with E-state index in [2.05, 4.69) is 15.0 Å². The van der Waals surface area contributed by atoms with Gasteiger partial charge in [-0.3, -0.25) is 4.57 Å². The Hall–Kier alpha value is -1.81. The van der Waals surface area contributed by atoms with Gasteiger partial charge in [-0.2, -0.15) is 0 Å². The van der Waals surface area contributed by atoms with E-state index in [9.17, 15) is 5.11 Å². The van der Waals surface area contributed by atoms with Crippen molar-refractivity contribution >= 4 is 17.0 Å². The SMILES string of the molecule is C[C@@H](O)[C@H]1O[C@@H](n2cnc3c(N)ncnc32)[C@@H]2OC(C)(C)O[C@@H]21. The summed E-state index contributed by atoms with van der Waals surface area (Å²) < 4.78 is 19.6. The minimum Gasteiger partial charge on any atom is -0.391 e. The fourth-order valence-corrected chi connectivity index (χ4v) is 3.28. The molecule has 4 rings (SSSR count). The van der Waals surface area contributed by atoms with Crippen molar-refractivity contribution in [3.05, 3.63) is 12.7 Å². The Kier molecular flexibility index (Phi) is 3.11. The number of aromatic nitrogens is 4. The van der Waals surface area contributed by atoms with E-state index in [-0.39, 0.29) is 12.2 Å². The molecule has 2 fully saturated rings. The van der Waals surface area contributed by atoms with E-state index in [0.29, 0.717) is 17.0 Å². The molecule has 0 bridgehead atoms. The number of nitrogens with zero attached hydrogens (tertiary/aromatic N) is 4. The van der Waals surface area contributed by atoms with Crippen molar-refractivity contribution in [3.63, 3.8) is 0 Å². The first kappa shape index (κ1) is 14.8. The number of nitrogen functional groups attached to an aromatic ring is 1. The van der Waals surface area contributed by atoms with E-state index in [4.69, 9.17) is 19.9 Å². The quantitative estimate of drug-likeness (QED) is 0.806. The normalized spacial score (nSPS) is 33.9. The Balaban J connectivity index is 1.77. The Morgan fingerprint density at radius 1 is 1.26 bits per heavy atom. The van der Waals surface area contributed by atoms with Gasteiger partial charge in [0, 0.05) is 0 Å². The van der Waals surface area contributed by atoms with Gasteiger partial charge >= 0.3 is 0 Å². The summed E-state index contributed by atoms with van der Waals surface area (Å²) in [5.74, 6) is -0.436. The Bertz CT molecular complexity index is 746. The maximum Gasteiger partial charge on any atom is 0.167 e. The van der Waals surface area contributed by atoms with Gasteiger partial charge in [-0.15, -0.1) is 0 Å². The van der Waals surface area contributed by atoms with Crippen LogP contribution in [-0.2, 0) is 14.2 Å². The standard InChI is InChI=1S/C14H19N5O4/c1-6(20)8-9-10(23-14(2,3)22-9)13(21-8)19-5-18-7-11(15)16-4-17-12(7)19/h4-6,8-10,13,20H,1-3H3,(H2,15,16,17)/t6-,8-,9-,10-,13-/m1/s1. The Labute approximate surface area is 132 Å². The highest BCUT2D eigenvalue weighted by Crippen LogP contribution is 2.44. The van der Waals surface area contributed by atoms with Crippen LogP contribution in [-0.4, -0.2) is 54.8 Å². The topological polar surface area (TPSA) is 118 Å². The van der Waals surface area contributed by atoms with E-state index in [1.165, 1.54) is 6.33 Å². The van der Waals surface area contributed by atoms with Crippen LogP contribution in [0.3, 0.4) is 0 Å². The molecule has 3 N–H and O–H groups in total. The smallest absolute Gasteiger partial charge is 0.167 e. The maximum atomic E-state index is 10.0. The molecule has 9 heteroatoms. The van der Waals surface area contributed by atoms with Crippen LogP contribution in [0.5, 0.6) is 0 Å². The zero-order valence-electron chi connectivity index (χ0n) is 13.1. The van der Waals surface area contributed by atoms with E-state index < -0.39 is 24.2 Å². The van der Waals surface area contributed by atoms with Crippen LogP contribution in [0.4, 0.5) is 5.82 Å². The number of nitrogens with two attached hydrogens (primary N) is 1. The summed E-state index contributed by atoms with van der Waals surface area (Å²) in [6, 6.07) is 0. The molecule has 0 spiro atoms. The van der Waals surface area contributed by atoms with Gasteiger partial charge < -0.3 is 25.1 Å². The molecule has 0 radical (unpaired) electrons. The van der Waals surface area contributed by atoms with Crippen LogP contribution < -0.4 is 5.73 Å². The first-order valence-electron chi connectivity index (χ1n) is 7.49. The minimum atomic E-state index is -0.741. The van der Waals surface area contributed by atoms with Crippen LogP contribution in [0.25, 0.3) is 11.2 Å². The van der Waals surface area contributed by atoms with Gasteiger partial charge in [0.15, 0.2) is 23.5 Å². The first-order valence-corrected chi connectivity index (χ1v) is 7.49. The molecule has 2 aliphatic rings. The molecule has 23 heavy (non-hydrogen) atoms. The second-order valence-corrected chi connectivity index (χ2v) is 6.38. The van der Waals surface area contributed by atoms with Crippen LogP contribution >= 0.6 is 0 Å². The summed E-state index contributed by atoms with van der Waals surface area (Å²) in [4.78, 5) is 12.4. The van der Waals surface area contributed by atoms with Crippen molar-refractivity contribution in [1.29, 1.82) is 0 Å². The van der Waals surface area contributed by atoms with Gasteiger partial charge in [-0.05, 0) is 20.8 Å². The minimum absolute atomic E-state index is 0.305. The third-order valence-corrected chi connectivity index (χ3v) is 4.20. The fraction of sp³-hybridized carbons (Fsp3) is 0.643. The summed E-state index contributed by atoms with van der Waals surface area (Å²) in [6.07, 6.45) is 0.523. The lowest BCUT2D eigenvalue weighted by Gasteiger charge is -2.25. The molecule has 2 aromatic rings. The van der Waals surface area contributed by atoms with Gasteiger partial charge in [0.1, 0.15) is 30.2 Å². The first-order chi connectivity index (χ1) is 10.9. The number of aliphatic hydroxyl groups is 1. The van der Waals surface area contributed by atoms with E-state index >= 15 is 0 Å². The van der Waals surface area contributed by atoms with E-state index in [1.54, 1.807) is 17.8 Å². The lowest BCUT2D eigenvalue weighted by molar-refractivity contribution is -0.205. The van der Waals surface area contributed by atoms with Crippen LogP contribution in [0, 0.1) is 0 Å². The molecule has 4 heterocycles. The number of fused-ring (bicyclic) bond motifs is 2. The third-order valence-electron chi connectivity index (χ3n) is 4.20. The van der Waals surface area contributed by atoms with Gasteiger partial charge in [-0.1, -0.05) is 0 Å². The summed E-state index contributed by atoms with van der Waals surface area (Å²) >= 11 is 0. The van der Waals surface area contributed by atoms with Crippen molar-refractivity contribution in [1.82, 2.24) is 19.5 Å². The van der Waals surface area contributed by atoms with E-state index in [1.807, 2.05) is 13.8 Å². The maximum absolute atomic E-state index is 10.0. The average Bonchev–Trinajstić information content (AvgIpc) is 3.09. The predicted octanol–water partition coefficient (Wildman–Crippen LogP) is 0.207. The summed E-state index contributed by atoms with van der Waals surface area (Å²) in [5, 5.41) is 10.0. The molecule has 0 aromatic carbocycles. The number of anilines is 1. The highest BCUT2D eigenvalue weighted by Gasteiger charge is 2.57. The number of hydrogen-bond acceptors (Lipinski definition) is 8. The molecule has 0 amide bonds. The van der Waals surface area contributed by atoms with Gasteiger partial charge in [0.2, 0.25) is 0 Å². The molecule has 0 unspecified atom stereocenters. The van der Waals surface area contributed by atoms with Gasteiger partial charge in [0.05, 0.1) is 12.4 Å². The van der Waals surface area contributed by atoms with Crippen molar-refractivity contribution in [3.8, 4) is 0 Å². The second-order valence-electron chi connectivity index (χ2n) is 6.38. The molecule has 0 saturated carbocycles. The second kappa shape index (κ2) is 4.84. The molecule has 2 aromatic heterocycles. The molecule has 2 saturated heterocycles. The highest BCUT2D eigenvalue weighted by atomic mass is 16.8. The zero-order valence-corrected chi connectivity index (χ0v) is 13.1. The molecule has 5 atom stereocenters. The molecular formula is C14H19N5O4. The van der Waals surface area contributed by atoms with Crippen molar-refractivity contribution in [2.24, 2.45) is 0 Å². The molecule has 2 aliphatic heterocycles. The molecular weight excluding hydrogens is 302 g/mol. The largest absolute Gasteiger partial charge is 0.391 e. The summed E-state index contributed by atoms with van der Waals surface area (Å²) in [7, 11) is 0. The number of rotatable bonds is 2. The fourth-order valence-electron chi connectivity index (χ4n) is 3.28. The lowest BCUT2D eigenvalue weighted by Crippen LogP contribution is -2.36. The Morgan fingerprint density at radius 2 is 2.00 bits per heavy atom. The highest BCUT2D eigenvalue weighted by molar-refractivity contribution is 5.81. The number of imidazole rings is 1. The molecule has 0 aliphatic carbocycles. The monoisotopic (exact) mass is 321 g/mol. The average molecular weight is 321 g/mol. The molecule has 124 valence electrons. The van der Waals surface area contributed by atoms with E-state index in [0.717, 1.165) is 0 Å². The summed E-state index contributed by atoms with van der Waals surface area (Å²) in [5.41, 5.74) is 6.89. The van der Waals surface area contributed by atoms with Crippen LogP contribution in [0.1, 0.15) is 27.0 Å². The van der Waals surface area contributed by atoms with Gasteiger partial charge in [0.25, 0.3) is 0 Å². The number of hydrogen-bond donors (Lipinski definition) is 2. The van der Waals surface area contributed by atoms with Crippen LogP contribution in [0.2, 0.25) is 0 Å².